The first-order valence-electron chi connectivity index (χ1n) is 9.77. The fourth-order valence-corrected chi connectivity index (χ4v) is 2.79. The van der Waals surface area contributed by atoms with Gasteiger partial charge in [-0.15, -0.1) is 0 Å². The average molecular weight is 424 g/mol. The van der Waals surface area contributed by atoms with Crippen LogP contribution in [0.25, 0.3) is 0 Å². The summed E-state index contributed by atoms with van der Waals surface area (Å²) in [5.74, 6) is 1.98. The van der Waals surface area contributed by atoms with Gasteiger partial charge in [-0.3, -0.25) is 9.98 Å². The number of aliphatic imine (C=N–C) groups is 1. The second-order valence-electron chi connectivity index (χ2n) is 6.40. The first kappa shape index (κ1) is 21.9. The predicted molar refractivity (Wildman–Crippen MR) is 119 cm³/mol. The summed E-state index contributed by atoms with van der Waals surface area (Å²) in [7, 11) is 3.25. The van der Waals surface area contributed by atoms with Crippen LogP contribution >= 0.6 is 0 Å². The van der Waals surface area contributed by atoms with Crippen LogP contribution < -0.4 is 24.8 Å². The van der Waals surface area contributed by atoms with Crippen LogP contribution in [0.3, 0.4) is 0 Å². The molecule has 0 aliphatic rings. The van der Waals surface area contributed by atoms with Crippen LogP contribution in [0.5, 0.6) is 23.0 Å². The second-order valence-corrected chi connectivity index (χ2v) is 6.40. The minimum atomic E-state index is -0.456. The van der Waals surface area contributed by atoms with Crippen LogP contribution in [-0.4, -0.2) is 31.7 Å². The molecule has 7 nitrogen and oxygen atoms in total. The number of nitrogens with one attached hydrogen (secondary N) is 2. The average Bonchev–Trinajstić information content (AvgIpc) is 2.80. The highest BCUT2D eigenvalue weighted by molar-refractivity contribution is 5.93. The monoisotopic (exact) mass is 424 g/mol. The minimum Gasteiger partial charge on any atom is -0.493 e. The lowest BCUT2D eigenvalue weighted by Gasteiger charge is -2.15. The number of guanidine groups is 1. The lowest BCUT2D eigenvalue weighted by molar-refractivity contribution is 0.311. The third kappa shape index (κ3) is 6.08. The van der Waals surface area contributed by atoms with Crippen LogP contribution in [0, 0.1) is 5.82 Å². The summed E-state index contributed by atoms with van der Waals surface area (Å²) in [6.45, 7) is 2.84. The zero-order chi connectivity index (χ0) is 22.1. The maximum atomic E-state index is 14.4. The summed E-state index contributed by atoms with van der Waals surface area (Å²) in [4.78, 5) is 8.16. The van der Waals surface area contributed by atoms with E-state index in [-0.39, 0.29) is 5.75 Å². The van der Waals surface area contributed by atoms with Gasteiger partial charge in [-0.25, -0.2) is 4.39 Å². The topological polar surface area (TPSA) is 77.0 Å². The van der Waals surface area contributed by atoms with E-state index in [9.17, 15) is 4.39 Å². The zero-order valence-electron chi connectivity index (χ0n) is 17.7. The second kappa shape index (κ2) is 10.8. The molecule has 0 aliphatic carbocycles. The number of anilines is 1. The van der Waals surface area contributed by atoms with Crippen molar-refractivity contribution in [2.24, 2.45) is 4.99 Å². The van der Waals surface area contributed by atoms with Gasteiger partial charge in [-0.05, 0) is 48.9 Å². The van der Waals surface area contributed by atoms with E-state index in [0.717, 1.165) is 11.3 Å². The Bertz CT molecular complexity index is 1030. The van der Waals surface area contributed by atoms with E-state index in [1.54, 1.807) is 44.6 Å². The molecular weight excluding hydrogens is 399 g/mol. The number of halogens is 1. The number of pyridine rings is 1. The number of hydrogen-bond donors (Lipinski definition) is 2. The van der Waals surface area contributed by atoms with Crippen LogP contribution in [0.4, 0.5) is 10.1 Å². The molecular formula is C23H25FN4O3. The Labute approximate surface area is 180 Å². The number of nitrogens with zero attached hydrogens (tertiary/aromatic N) is 2. The first-order valence-corrected chi connectivity index (χ1v) is 9.77. The van der Waals surface area contributed by atoms with Gasteiger partial charge in [0.2, 0.25) is 0 Å². The maximum Gasteiger partial charge on any atom is 0.195 e. The molecule has 31 heavy (non-hydrogen) atoms. The van der Waals surface area contributed by atoms with Crippen LogP contribution in [0.1, 0.15) is 12.5 Å². The van der Waals surface area contributed by atoms with E-state index >= 15 is 0 Å². The standard InChI is InChI=1S/C23H25FN4O3/c1-4-30-21-10-8-17(13-22(21)29-3)28-23(25-2)27-14-16-7-9-20(19(24)12-16)31-18-6-5-11-26-15-18/h5-13,15H,4,14H2,1-3H3,(H2,25,27,28). The van der Waals surface area contributed by atoms with Gasteiger partial charge >= 0.3 is 0 Å². The van der Waals surface area contributed by atoms with Crippen molar-refractivity contribution >= 4 is 11.6 Å². The highest BCUT2D eigenvalue weighted by Crippen LogP contribution is 2.30. The lowest BCUT2D eigenvalue weighted by atomic mass is 10.2. The molecule has 1 heterocycles. The van der Waals surface area contributed by atoms with Gasteiger partial charge < -0.3 is 24.8 Å². The van der Waals surface area contributed by atoms with Crippen molar-refractivity contribution in [3.8, 4) is 23.0 Å². The quantitative estimate of drug-likeness (QED) is 0.406. The summed E-state index contributed by atoms with van der Waals surface area (Å²) < 4.78 is 30.8. The van der Waals surface area contributed by atoms with Crippen LogP contribution in [-0.2, 0) is 6.54 Å². The fourth-order valence-electron chi connectivity index (χ4n) is 2.79. The molecule has 0 spiro atoms. The van der Waals surface area contributed by atoms with Gasteiger partial charge in [0.15, 0.2) is 29.0 Å². The summed E-state index contributed by atoms with van der Waals surface area (Å²) in [5, 5.41) is 6.34. The molecule has 162 valence electrons. The van der Waals surface area contributed by atoms with E-state index in [4.69, 9.17) is 14.2 Å². The highest BCUT2D eigenvalue weighted by atomic mass is 19.1. The van der Waals surface area contributed by atoms with E-state index < -0.39 is 5.82 Å². The van der Waals surface area contributed by atoms with Crippen molar-refractivity contribution in [3.05, 3.63) is 72.3 Å². The highest BCUT2D eigenvalue weighted by Gasteiger charge is 2.09. The molecule has 0 atom stereocenters. The fraction of sp³-hybridized carbons (Fsp3) is 0.217. The summed E-state index contributed by atoms with van der Waals surface area (Å²) in [6.07, 6.45) is 3.16. The molecule has 0 fully saturated rings. The molecule has 0 radical (unpaired) electrons. The minimum absolute atomic E-state index is 0.140. The Morgan fingerprint density at radius 2 is 1.94 bits per heavy atom. The molecule has 0 aliphatic heterocycles. The molecule has 0 unspecified atom stereocenters. The van der Waals surface area contributed by atoms with Crippen molar-refractivity contribution in [1.29, 1.82) is 0 Å². The predicted octanol–water partition coefficient (Wildman–Crippen LogP) is 4.61. The van der Waals surface area contributed by atoms with Gasteiger partial charge in [0.05, 0.1) is 19.9 Å². The molecule has 0 saturated heterocycles. The molecule has 2 aromatic carbocycles. The molecule has 0 bridgehead atoms. The lowest BCUT2D eigenvalue weighted by Crippen LogP contribution is -2.30. The van der Waals surface area contributed by atoms with Gasteiger partial charge in [-0.2, -0.15) is 0 Å². The van der Waals surface area contributed by atoms with E-state index in [1.165, 1.54) is 12.3 Å². The number of benzene rings is 2. The molecule has 3 aromatic rings. The van der Waals surface area contributed by atoms with Crippen molar-refractivity contribution in [1.82, 2.24) is 10.3 Å². The Hall–Kier alpha value is -3.81. The molecule has 3 rings (SSSR count). The Balaban J connectivity index is 1.61. The molecule has 2 N–H and O–H groups in total. The largest absolute Gasteiger partial charge is 0.493 e. The van der Waals surface area contributed by atoms with Crippen LogP contribution in [0.15, 0.2) is 65.9 Å². The van der Waals surface area contributed by atoms with Crippen molar-refractivity contribution in [2.75, 3.05) is 26.1 Å². The number of ether oxygens (including phenoxy) is 3. The summed E-state index contributed by atoms with van der Waals surface area (Å²) >= 11 is 0. The van der Waals surface area contributed by atoms with Crippen molar-refractivity contribution in [2.45, 2.75) is 13.5 Å². The summed E-state index contributed by atoms with van der Waals surface area (Å²) in [6, 6.07) is 13.8. The van der Waals surface area contributed by atoms with Crippen molar-refractivity contribution in [3.63, 3.8) is 0 Å². The van der Waals surface area contributed by atoms with Gasteiger partial charge in [0.1, 0.15) is 5.75 Å². The SMILES string of the molecule is CCOc1ccc(NC(=NC)NCc2ccc(Oc3cccnc3)c(F)c2)cc1OC. The maximum absolute atomic E-state index is 14.4. The first-order chi connectivity index (χ1) is 15.1. The third-order valence-electron chi connectivity index (χ3n) is 4.27. The number of aromatic nitrogens is 1. The van der Waals surface area contributed by atoms with Gasteiger partial charge in [-0.1, -0.05) is 6.07 Å². The normalized spacial score (nSPS) is 11.0. The third-order valence-corrected chi connectivity index (χ3v) is 4.27. The number of rotatable bonds is 8. The van der Waals surface area contributed by atoms with Gasteiger partial charge in [0.25, 0.3) is 0 Å². The smallest absolute Gasteiger partial charge is 0.195 e. The van der Waals surface area contributed by atoms with Crippen molar-refractivity contribution < 1.29 is 18.6 Å². The Kier molecular flexibility index (Phi) is 7.64. The molecule has 0 amide bonds. The Morgan fingerprint density at radius 1 is 1.10 bits per heavy atom. The molecule has 8 heteroatoms. The zero-order valence-corrected chi connectivity index (χ0v) is 17.7. The summed E-state index contributed by atoms with van der Waals surface area (Å²) in [5.41, 5.74) is 1.52. The number of methoxy groups -OCH3 is 1. The number of hydrogen-bond acceptors (Lipinski definition) is 5. The van der Waals surface area contributed by atoms with Gasteiger partial charge in [0, 0.05) is 31.5 Å². The van der Waals surface area contributed by atoms with E-state index in [1.807, 2.05) is 25.1 Å². The molecule has 1 aromatic heterocycles. The van der Waals surface area contributed by atoms with Crippen LogP contribution in [0.2, 0.25) is 0 Å². The van der Waals surface area contributed by atoms with E-state index in [2.05, 4.69) is 20.6 Å². The van der Waals surface area contributed by atoms with E-state index in [0.29, 0.717) is 36.4 Å². The Morgan fingerprint density at radius 3 is 2.61 bits per heavy atom. The molecule has 0 saturated carbocycles.